The van der Waals surface area contributed by atoms with E-state index in [0.29, 0.717) is 24.1 Å². The maximum atomic E-state index is 11.6. The molecule has 2 atom stereocenters. The summed E-state index contributed by atoms with van der Waals surface area (Å²) in [5, 5.41) is 9.46. The number of carbonyl (C=O) groups is 1. The van der Waals surface area contributed by atoms with E-state index in [0.717, 1.165) is 58.8 Å². The van der Waals surface area contributed by atoms with Crippen molar-refractivity contribution in [3.8, 4) is 5.75 Å². The number of morpholine rings is 1. The average molecular weight is 362 g/mol. The molecule has 6 nitrogen and oxygen atoms in total. The number of phenols is 1. The molecule has 2 saturated heterocycles. The lowest BCUT2D eigenvalue weighted by molar-refractivity contribution is -0.141. The maximum absolute atomic E-state index is 11.6. The third-order valence-electron chi connectivity index (χ3n) is 5.58. The number of phenolic OH excluding ortho intramolecular Hbond substituents is 1. The largest absolute Gasteiger partial charge is 0.508 e. The lowest BCUT2D eigenvalue weighted by Crippen LogP contribution is -2.53. The maximum Gasteiger partial charge on any atom is 0.305 e. The lowest BCUT2D eigenvalue weighted by atomic mass is 9.86. The first-order valence-corrected chi connectivity index (χ1v) is 9.54. The Labute approximate surface area is 155 Å². The molecule has 2 fully saturated rings. The number of methoxy groups -OCH3 is 1. The van der Waals surface area contributed by atoms with Gasteiger partial charge >= 0.3 is 5.97 Å². The molecular formula is C20H30N2O4. The van der Waals surface area contributed by atoms with Gasteiger partial charge in [0.1, 0.15) is 5.75 Å². The van der Waals surface area contributed by atoms with E-state index >= 15 is 0 Å². The van der Waals surface area contributed by atoms with Crippen molar-refractivity contribution in [3.63, 3.8) is 0 Å². The van der Waals surface area contributed by atoms with Gasteiger partial charge in [-0.1, -0.05) is 12.1 Å². The first kappa shape index (κ1) is 19.1. The Morgan fingerprint density at radius 2 is 1.96 bits per heavy atom. The van der Waals surface area contributed by atoms with Crippen molar-refractivity contribution in [2.24, 2.45) is 5.92 Å². The van der Waals surface area contributed by atoms with Crippen LogP contribution in [0.25, 0.3) is 0 Å². The zero-order valence-corrected chi connectivity index (χ0v) is 15.6. The summed E-state index contributed by atoms with van der Waals surface area (Å²) in [6.45, 7) is 6.49. The standard InChI is InChI=1S/C20H30N2O4/c1-25-20(24)7-4-17-15-21(14-16-2-5-18(23)6-3-16)9-8-19(17)22-10-12-26-13-11-22/h2-3,5-6,17,19,23H,4,7-15H2,1H3/t17-,19+/m1/s1. The summed E-state index contributed by atoms with van der Waals surface area (Å²) in [6, 6.07) is 7.95. The van der Waals surface area contributed by atoms with Crippen LogP contribution in [-0.2, 0) is 20.8 Å². The Balaban J connectivity index is 1.62. The number of nitrogens with zero attached hydrogens (tertiary/aromatic N) is 2. The van der Waals surface area contributed by atoms with Crippen molar-refractivity contribution >= 4 is 5.97 Å². The highest BCUT2D eigenvalue weighted by atomic mass is 16.5. The van der Waals surface area contributed by atoms with Gasteiger partial charge in [-0.15, -0.1) is 0 Å². The SMILES string of the molecule is COC(=O)CC[C@@H]1CN(Cc2ccc(O)cc2)CC[C@@H]1N1CCOCC1. The van der Waals surface area contributed by atoms with Crippen LogP contribution in [0.4, 0.5) is 0 Å². The molecule has 0 aliphatic carbocycles. The molecule has 144 valence electrons. The Bertz CT molecular complexity index is 572. The molecule has 1 aromatic rings. The fourth-order valence-corrected chi connectivity index (χ4v) is 4.18. The minimum atomic E-state index is -0.124. The molecule has 2 heterocycles. The summed E-state index contributed by atoms with van der Waals surface area (Å²) in [5.74, 6) is 0.634. The molecule has 6 heteroatoms. The number of piperidine rings is 1. The second kappa shape index (κ2) is 9.35. The quantitative estimate of drug-likeness (QED) is 0.780. The van der Waals surface area contributed by atoms with Crippen LogP contribution in [0, 0.1) is 5.92 Å². The number of esters is 1. The summed E-state index contributed by atoms with van der Waals surface area (Å²) in [6.07, 6.45) is 2.46. The number of hydrogen-bond donors (Lipinski definition) is 1. The molecule has 1 aromatic carbocycles. The summed E-state index contributed by atoms with van der Waals surface area (Å²) in [7, 11) is 1.46. The van der Waals surface area contributed by atoms with Crippen molar-refractivity contribution < 1.29 is 19.4 Å². The molecule has 0 bridgehead atoms. The second-order valence-corrected chi connectivity index (χ2v) is 7.28. The first-order valence-electron chi connectivity index (χ1n) is 9.54. The Hall–Kier alpha value is -1.63. The minimum absolute atomic E-state index is 0.124. The van der Waals surface area contributed by atoms with Gasteiger partial charge < -0.3 is 14.6 Å². The summed E-state index contributed by atoms with van der Waals surface area (Å²) in [5.41, 5.74) is 1.21. The van der Waals surface area contributed by atoms with E-state index in [9.17, 15) is 9.90 Å². The molecule has 2 aliphatic rings. The van der Waals surface area contributed by atoms with E-state index in [2.05, 4.69) is 9.80 Å². The molecule has 0 radical (unpaired) electrons. The molecule has 0 aromatic heterocycles. The third kappa shape index (κ3) is 5.19. The smallest absolute Gasteiger partial charge is 0.305 e. The predicted molar refractivity (Wildman–Crippen MR) is 98.9 cm³/mol. The van der Waals surface area contributed by atoms with Crippen molar-refractivity contribution in [3.05, 3.63) is 29.8 Å². The van der Waals surface area contributed by atoms with Crippen LogP contribution in [0.5, 0.6) is 5.75 Å². The summed E-state index contributed by atoms with van der Waals surface area (Å²) in [4.78, 5) is 16.7. The number of hydrogen-bond acceptors (Lipinski definition) is 6. The summed E-state index contributed by atoms with van der Waals surface area (Å²) >= 11 is 0. The Kier molecular flexibility index (Phi) is 6.88. The van der Waals surface area contributed by atoms with Gasteiger partial charge in [0.2, 0.25) is 0 Å². The fourth-order valence-electron chi connectivity index (χ4n) is 4.18. The van der Waals surface area contributed by atoms with Crippen LogP contribution < -0.4 is 0 Å². The monoisotopic (exact) mass is 362 g/mol. The average Bonchev–Trinajstić information content (AvgIpc) is 2.68. The van der Waals surface area contributed by atoms with E-state index in [4.69, 9.17) is 9.47 Å². The molecule has 1 N–H and O–H groups in total. The highest BCUT2D eigenvalue weighted by Crippen LogP contribution is 2.28. The van der Waals surface area contributed by atoms with Crippen LogP contribution in [0.1, 0.15) is 24.8 Å². The van der Waals surface area contributed by atoms with Crippen LogP contribution in [0.2, 0.25) is 0 Å². The van der Waals surface area contributed by atoms with Gasteiger partial charge in [0.15, 0.2) is 0 Å². The van der Waals surface area contributed by atoms with Crippen LogP contribution in [-0.4, -0.2) is 73.4 Å². The molecule has 0 saturated carbocycles. The lowest BCUT2D eigenvalue weighted by Gasteiger charge is -2.45. The van der Waals surface area contributed by atoms with Gasteiger partial charge in [0.05, 0.1) is 20.3 Å². The van der Waals surface area contributed by atoms with E-state index < -0.39 is 0 Å². The van der Waals surface area contributed by atoms with E-state index in [-0.39, 0.29) is 5.97 Å². The van der Waals surface area contributed by atoms with E-state index in [1.165, 1.54) is 12.7 Å². The van der Waals surface area contributed by atoms with E-state index in [1.807, 2.05) is 12.1 Å². The number of aromatic hydroxyl groups is 1. The van der Waals surface area contributed by atoms with Gasteiger partial charge in [-0.3, -0.25) is 14.6 Å². The van der Waals surface area contributed by atoms with Crippen LogP contribution >= 0.6 is 0 Å². The third-order valence-corrected chi connectivity index (χ3v) is 5.58. The minimum Gasteiger partial charge on any atom is -0.508 e. The van der Waals surface area contributed by atoms with Crippen LogP contribution in [0.15, 0.2) is 24.3 Å². The zero-order chi connectivity index (χ0) is 18.4. The van der Waals surface area contributed by atoms with Crippen molar-refractivity contribution in [1.29, 1.82) is 0 Å². The molecule has 3 rings (SSSR count). The number of carbonyl (C=O) groups excluding carboxylic acids is 1. The molecular weight excluding hydrogens is 332 g/mol. The molecule has 2 aliphatic heterocycles. The van der Waals surface area contributed by atoms with Gasteiger partial charge in [-0.25, -0.2) is 0 Å². The van der Waals surface area contributed by atoms with E-state index in [1.54, 1.807) is 12.1 Å². The van der Waals surface area contributed by atoms with Crippen molar-refractivity contribution in [2.75, 3.05) is 46.5 Å². The second-order valence-electron chi connectivity index (χ2n) is 7.28. The predicted octanol–water partition coefficient (Wildman–Crippen LogP) is 1.87. The zero-order valence-electron chi connectivity index (χ0n) is 15.6. The fraction of sp³-hybridized carbons (Fsp3) is 0.650. The van der Waals surface area contributed by atoms with Gasteiger partial charge in [-0.2, -0.15) is 0 Å². The first-order chi connectivity index (χ1) is 12.7. The molecule has 0 unspecified atom stereocenters. The van der Waals surface area contributed by atoms with Crippen molar-refractivity contribution in [2.45, 2.75) is 31.8 Å². The topological polar surface area (TPSA) is 62.2 Å². The highest BCUT2D eigenvalue weighted by Gasteiger charge is 2.34. The number of benzene rings is 1. The molecule has 26 heavy (non-hydrogen) atoms. The summed E-state index contributed by atoms with van der Waals surface area (Å²) < 4.78 is 10.4. The Morgan fingerprint density at radius 3 is 2.65 bits per heavy atom. The molecule has 0 amide bonds. The Morgan fingerprint density at radius 1 is 1.23 bits per heavy atom. The number of rotatable bonds is 6. The number of likely N-dealkylation sites (tertiary alicyclic amines) is 1. The number of ether oxygens (including phenoxy) is 2. The van der Waals surface area contributed by atoms with Gasteiger partial charge in [0.25, 0.3) is 0 Å². The highest BCUT2D eigenvalue weighted by molar-refractivity contribution is 5.69. The van der Waals surface area contributed by atoms with Gasteiger partial charge in [-0.05, 0) is 43.0 Å². The molecule has 0 spiro atoms. The normalized spacial score (nSPS) is 25.1. The van der Waals surface area contributed by atoms with Crippen LogP contribution in [0.3, 0.4) is 0 Å². The van der Waals surface area contributed by atoms with Crippen molar-refractivity contribution in [1.82, 2.24) is 9.80 Å². The van der Waals surface area contributed by atoms with Gasteiger partial charge in [0, 0.05) is 38.6 Å².